The molecule has 3 heteroatoms. The number of hydrogen-bond acceptors (Lipinski definition) is 3. The van der Waals surface area contributed by atoms with Gasteiger partial charge in [-0.25, -0.2) is 4.98 Å². The van der Waals surface area contributed by atoms with Crippen LogP contribution in [-0.4, -0.2) is 24.6 Å². The van der Waals surface area contributed by atoms with Gasteiger partial charge < -0.3 is 10.6 Å². The summed E-state index contributed by atoms with van der Waals surface area (Å²) in [5.74, 6) is 1.99. The van der Waals surface area contributed by atoms with E-state index in [4.69, 9.17) is 5.73 Å². The molecule has 0 aliphatic carbocycles. The molecule has 1 aliphatic heterocycles. The Bertz CT molecular complexity index is 440. The van der Waals surface area contributed by atoms with Crippen molar-refractivity contribution < 1.29 is 0 Å². The van der Waals surface area contributed by atoms with E-state index in [2.05, 4.69) is 43.6 Å². The highest BCUT2D eigenvalue weighted by atomic mass is 15.2. The lowest BCUT2D eigenvalue weighted by Crippen LogP contribution is -2.38. The lowest BCUT2D eigenvalue weighted by molar-refractivity contribution is 0.198. The minimum Gasteiger partial charge on any atom is -0.356 e. The monoisotopic (exact) mass is 275 g/mol. The minimum absolute atomic E-state index is 0.430. The molecule has 0 spiro atoms. The first-order valence-corrected chi connectivity index (χ1v) is 7.82. The van der Waals surface area contributed by atoms with Crippen molar-refractivity contribution in [2.24, 2.45) is 17.1 Å². The van der Waals surface area contributed by atoms with Crippen molar-refractivity contribution in [2.75, 3.05) is 24.5 Å². The summed E-state index contributed by atoms with van der Waals surface area (Å²) in [5.41, 5.74) is 8.57. The molecule has 1 saturated heterocycles. The van der Waals surface area contributed by atoms with Crippen LogP contribution in [-0.2, 0) is 6.42 Å². The van der Waals surface area contributed by atoms with Crippen molar-refractivity contribution in [1.82, 2.24) is 4.98 Å². The molecule has 2 heterocycles. The van der Waals surface area contributed by atoms with Crippen LogP contribution in [0.25, 0.3) is 0 Å². The van der Waals surface area contributed by atoms with E-state index in [1.54, 1.807) is 0 Å². The Labute approximate surface area is 123 Å². The van der Waals surface area contributed by atoms with Gasteiger partial charge in [0, 0.05) is 19.3 Å². The number of anilines is 1. The predicted molar refractivity (Wildman–Crippen MR) is 86.1 cm³/mol. The van der Waals surface area contributed by atoms with Gasteiger partial charge in [-0.15, -0.1) is 0 Å². The maximum Gasteiger partial charge on any atom is 0.131 e. The molecule has 2 N–H and O–H groups in total. The first-order chi connectivity index (χ1) is 9.41. The number of piperidine rings is 1. The van der Waals surface area contributed by atoms with E-state index in [-0.39, 0.29) is 0 Å². The molecule has 1 fully saturated rings. The molecule has 2 rings (SSSR count). The Morgan fingerprint density at radius 1 is 1.30 bits per heavy atom. The van der Waals surface area contributed by atoms with Crippen molar-refractivity contribution in [3.05, 3.63) is 23.4 Å². The van der Waals surface area contributed by atoms with E-state index < -0.39 is 0 Å². The van der Waals surface area contributed by atoms with Crippen LogP contribution in [0, 0.1) is 18.3 Å². The van der Waals surface area contributed by atoms with Crippen LogP contribution in [0.3, 0.4) is 0 Å². The van der Waals surface area contributed by atoms with Crippen molar-refractivity contribution >= 4 is 5.82 Å². The number of aromatic nitrogens is 1. The zero-order valence-electron chi connectivity index (χ0n) is 13.4. The zero-order valence-corrected chi connectivity index (χ0v) is 13.4. The second-order valence-electron chi connectivity index (χ2n) is 7.15. The zero-order chi connectivity index (χ0) is 14.8. The third-order valence-corrected chi connectivity index (χ3v) is 4.56. The lowest BCUT2D eigenvalue weighted by Gasteiger charge is -2.39. The molecule has 0 atom stereocenters. The Balaban J connectivity index is 2.03. The van der Waals surface area contributed by atoms with Gasteiger partial charge in [0.1, 0.15) is 5.82 Å². The number of nitrogens with two attached hydrogens (primary N) is 1. The SMILES string of the molecule is Cc1cc(CCN)cnc1N1CCC(C(C)(C)C)CC1. The van der Waals surface area contributed by atoms with E-state index >= 15 is 0 Å². The minimum atomic E-state index is 0.430. The van der Waals surface area contributed by atoms with Gasteiger partial charge in [0.15, 0.2) is 0 Å². The van der Waals surface area contributed by atoms with Gasteiger partial charge in [-0.05, 0) is 55.2 Å². The average molecular weight is 275 g/mol. The van der Waals surface area contributed by atoms with Gasteiger partial charge in [-0.3, -0.25) is 0 Å². The molecule has 0 radical (unpaired) electrons. The molecule has 112 valence electrons. The van der Waals surface area contributed by atoms with Crippen LogP contribution < -0.4 is 10.6 Å². The van der Waals surface area contributed by atoms with Gasteiger partial charge in [0.05, 0.1) is 0 Å². The number of hydrogen-bond donors (Lipinski definition) is 1. The van der Waals surface area contributed by atoms with E-state index in [1.165, 1.54) is 24.0 Å². The van der Waals surface area contributed by atoms with E-state index in [1.807, 2.05) is 6.20 Å². The lowest BCUT2D eigenvalue weighted by atomic mass is 9.75. The fourth-order valence-electron chi connectivity index (χ4n) is 3.22. The topological polar surface area (TPSA) is 42.1 Å². The highest BCUT2D eigenvalue weighted by Crippen LogP contribution is 2.35. The van der Waals surface area contributed by atoms with E-state index in [0.29, 0.717) is 12.0 Å². The second-order valence-corrected chi connectivity index (χ2v) is 7.15. The molecule has 1 aromatic heterocycles. The van der Waals surface area contributed by atoms with Crippen LogP contribution >= 0.6 is 0 Å². The number of pyridine rings is 1. The van der Waals surface area contributed by atoms with Crippen LogP contribution in [0.4, 0.5) is 5.82 Å². The normalized spacial score (nSPS) is 17.6. The maximum atomic E-state index is 5.61. The molecule has 0 unspecified atom stereocenters. The van der Waals surface area contributed by atoms with Gasteiger partial charge >= 0.3 is 0 Å². The Morgan fingerprint density at radius 2 is 1.95 bits per heavy atom. The molecule has 0 amide bonds. The summed E-state index contributed by atoms with van der Waals surface area (Å²) in [6, 6.07) is 2.24. The van der Waals surface area contributed by atoms with Crippen molar-refractivity contribution in [2.45, 2.75) is 47.0 Å². The highest BCUT2D eigenvalue weighted by molar-refractivity contribution is 5.47. The summed E-state index contributed by atoms with van der Waals surface area (Å²) in [6.45, 7) is 12.2. The van der Waals surface area contributed by atoms with Gasteiger partial charge in [0.2, 0.25) is 0 Å². The van der Waals surface area contributed by atoms with Crippen molar-refractivity contribution in [1.29, 1.82) is 0 Å². The largest absolute Gasteiger partial charge is 0.356 e. The highest BCUT2D eigenvalue weighted by Gasteiger charge is 2.29. The fourth-order valence-corrected chi connectivity index (χ4v) is 3.22. The standard InChI is InChI=1S/C17H29N3/c1-13-11-14(5-8-18)12-19-16(13)20-9-6-15(7-10-20)17(2,3)4/h11-12,15H,5-10,18H2,1-4H3. The Morgan fingerprint density at radius 3 is 2.45 bits per heavy atom. The van der Waals surface area contributed by atoms with Crippen molar-refractivity contribution in [3.63, 3.8) is 0 Å². The van der Waals surface area contributed by atoms with E-state index in [9.17, 15) is 0 Å². The Hall–Kier alpha value is -1.09. The summed E-state index contributed by atoms with van der Waals surface area (Å²) >= 11 is 0. The third-order valence-electron chi connectivity index (χ3n) is 4.56. The smallest absolute Gasteiger partial charge is 0.131 e. The number of rotatable bonds is 3. The first kappa shape index (κ1) is 15.3. The number of nitrogens with zero attached hydrogens (tertiary/aromatic N) is 2. The van der Waals surface area contributed by atoms with Crippen LogP contribution in [0.15, 0.2) is 12.3 Å². The summed E-state index contributed by atoms with van der Waals surface area (Å²) in [6.07, 6.45) is 5.45. The van der Waals surface area contributed by atoms with Crippen LogP contribution in [0.2, 0.25) is 0 Å². The molecule has 1 aliphatic rings. The molecular formula is C17H29N3. The Kier molecular flexibility index (Phi) is 4.69. The van der Waals surface area contributed by atoms with Gasteiger partial charge in [0.25, 0.3) is 0 Å². The summed E-state index contributed by atoms with van der Waals surface area (Å²) in [4.78, 5) is 7.13. The molecule has 0 aromatic carbocycles. The third kappa shape index (κ3) is 3.51. The average Bonchev–Trinajstić information content (AvgIpc) is 2.38. The van der Waals surface area contributed by atoms with E-state index in [0.717, 1.165) is 31.2 Å². The summed E-state index contributed by atoms with van der Waals surface area (Å²) in [5, 5.41) is 0. The van der Waals surface area contributed by atoms with Crippen LogP contribution in [0.5, 0.6) is 0 Å². The van der Waals surface area contributed by atoms with Gasteiger partial charge in [-0.1, -0.05) is 26.8 Å². The summed E-state index contributed by atoms with van der Waals surface area (Å²) < 4.78 is 0. The molecule has 1 aromatic rings. The first-order valence-electron chi connectivity index (χ1n) is 7.82. The molecule has 0 saturated carbocycles. The molecule has 0 bridgehead atoms. The van der Waals surface area contributed by atoms with Gasteiger partial charge in [-0.2, -0.15) is 0 Å². The molecule has 3 nitrogen and oxygen atoms in total. The maximum absolute atomic E-state index is 5.61. The van der Waals surface area contributed by atoms with Crippen LogP contribution in [0.1, 0.15) is 44.7 Å². The number of aryl methyl sites for hydroxylation is 1. The predicted octanol–water partition coefficient (Wildman–Crippen LogP) is 3.15. The quantitative estimate of drug-likeness (QED) is 0.921. The van der Waals surface area contributed by atoms with Crippen molar-refractivity contribution in [3.8, 4) is 0 Å². The molecular weight excluding hydrogens is 246 g/mol. The fraction of sp³-hybridized carbons (Fsp3) is 0.706. The second kappa shape index (κ2) is 6.13. The molecule has 20 heavy (non-hydrogen) atoms. The summed E-state index contributed by atoms with van der Waals surface area (Å²) in [7, 11) is 0.